The topological polar surface area (TPSA) is 76.2 Å². The molecule has 1 saturated carbocycles. The molecule has 1 aliphatic rings. The zero-order valence-electron chi connectivity index (χ0n) is 12.8. The number of nitrogens with one attached hydrogen (secondary N) is 1. The highest BCUT2D eigenvalue weighted by Crippen LogP contribution is 2.35. The van der Waals surface area contributed by atoms with Crippen LogP contribution in [0.3, 0.4) is 0 Å². The highest BCUT2D eigenvalue weighted by atomic mass is 35.5. The summed E-state index contributed by atoms with van der Waals surface area (Å²) in [5, 5.41) is 0.867. The Kier molecular flexibility index (Phi) is 4.38. The second kappa shape index (κ2) is 6.17. The maximum absolute atomic E-state index is 12.9. The third-order valence-electron chi connectivity index (χ3n) is 4.18. The first-order valence-corrected chi connectivity index (χ1v) is 9.66. The fourth-order valence-electron chi connectivity index (χ4n) is 2.86. The summed E-state index contributed by atoms with van der Waals surface area (Å²) in [5.74, 6) is -0.440. The van der Waals surface area contributed by atoms with Gasteiger partial charge in [0.25, 0.3) is 0 Å². The van der Waals surface area contributed by atoms with Gasteiger partial charge in [0, 0.05) is 15.9 Å². The molecule has 124 valence electrons. The lowest BCUT2D eigenvalue weighted by molar-refractivity contribution is 0.0516. The van der Waals surface area contributed by atoms with Crippen molar-refractivity contribution in [1.29, 1.82) is 0 Å². The van der Waals surface area contributed by atoms with Crippen molar-refractivity contribution in [2.75, 3.05) is 12.4 Å². The zero-order valence-corrected chi connectivity index (χ0v) is 14.3. The van der Waals surface area contributed by atoms with Crippen LogP contribution in [0.1, 0.15) is 36.7 Å². The highest BCUT2D eigenvalue weighted by molar-refractivity contribution is 7.91. The average Bonchev–Trinajstić information content (AvgIpc) is 2.83. The number of H-pyrrole nitrogens is 1. The van der Waals surface area contributed by atoms with E-state index in [0.717, 1.165) is 19.3 Å². The third kappa shape index (κ3) is 3.10. The van der Waals surface area contributed by atoms with E-state index < -0.39 is 15.8 Å². The van der Waals surface area contributed by atoms with Gasteiger partial charge in [-0.15, -0.1) is 0 Å². The monoisotopic (exact) mass is 355 g/mol. The Morgan fingerprint density at radius 3 is 2.74 bits per heavy atom. The van der Waals surface area contributed by atoms with Gasteiger partial charge < -0.3 is 9.72 Å². The predicted octanol–water partition coefficient (Wildman–Crippen LogP) is 3.57. The molecule has 0 aliphatic heterocycles. The summed E-state index contributed by atoms with van der Waals surface area (Å²) >= 11 is 6.01. The van der Waals surface area contributed by atoms with Crippen molar-refractivity contribution in [3.8, 4) is 0 Å². The number of carbonyl (C=O) groups is 1. The van der Waals surface area contributed by atoms with E-state index in [4.69, 9.17) is 16.3 Å². The predicted molar refractivity (Wildman–Crippen MR) is 88.7 cm³/mol. The summed E-state index contributed by atoms with van der Waals surface area (Å²) in [6, 6.07) is 4.89. The number of hydrogen-bond donors (Lipinski definition) is 1. The number of hydrogen-bond acceptors (Lipinski definition) is 4. The Hall–Kier alpha value is -1.53. The molecule has 0 spiro atoms. The number of aromatic nitrogens is 1. The van der Waals surface area contributed by atoms with Crippen molar-refractivity contribution in [3.05, 3.63) is 28.9 Å². The first-order valence-electron chi connectivity index (χ1n) is 7.63. The van der Waals surface area contributed by atoms with E-state index in [1.165, 1.54) is 0 Å². The van der Waals surface area contributed by atoms with Gasteiger partial charge in [-0.1, -0.05) is 18.0 Å². The average molecular weight is 356 g/mol. The molecular formula is C16H18ClNO4S. The Balaban J connectivity index is 2.16. The summed E-state index contributed by atoms with van der Waals surface area (Å²) in [5.41, 5.74) is 0.549. The number of fused-ring (bicyclic) bond motifs is 1. The molecule has 0 unspecified atom stereocenters. The summed E-state index contributed by atoms with van der Waals surface area (Å²) in [7, 11) is -3.61. The van der Waals surface area contributed by atoms with Gasteiger partial charge in [0.1, 0.15) is 10.6 Å². The number of esters is 1. The SMILES string of the molecule is CCOC(=O)c1[nH]c2ccc(Cl)cc2c1S(=O)(=O)CC1CCC1. The van der Waals surface area contributed by atoms with Crippen molar-refractivity contribution < 1.29 is 17.9 Å². The largest absolute Gasteiger partial charge is 0.461 e. The van der Waals surface area contributed by atoms with Crippen LogP contribution in [0, 0.1) is 5.92 Å². The van der Waals surface area contributed by atoms with Gasteiger partial charge >= 0.3 is 5.97 Å². The number of carbonyl (C=O) groups excluding carboxylic acids is 1. The lowest BCUT2D eigenvalue weighted by Crippen LogP contribution is -2.23. The molecular weight excluding hydrogens is 338 g/mol. The van der Waals surface area contributed by atoms with Gasteiger partial charge in [-0.2, -0.15) is 0 Å². The summed E-state index contributed by atoms with van der Waals surface area (Å²) < 4.78 is 30.8. The maximum atomic E-state index is 12.9. The minimum Gasteiger partial charge on any atom is -0.461 e. The Labute approximate surface area is 139 Å². The summed E-state index contributed by atoms with van der Waals surface area (Å²) in [4.78, 5) is 15.1. The van der Waals surface area contributed by atoms with E-state index in [1.807, 2.05) is 0 Å². The van der Waals surface area contributed by atoms with Crippen LogP contribution in [0.25, 0.3) is 10.9 Å². The number of benzene rings is 1. The van der Waals surface area contributed by atoms with Crippen molar-refractivity contribution in [3.63, 3.8) is 0 Å². The molecule has 0 atom stereocenters. The molecule has 0 bridgehead atoms. The molecule has 1 aromatic heterocycles. The fourth-order valence-corrected chi connectivity index (χ4v) is 5.10. The van der Waals surface area contributed by atoms with Crippen molar-refractivity contribution in [2.45, 2.75) is 31.1 Å². The van der Waals surface area contributed by atoms with Gasteiger partial charge in [0.2, 0.25) is 0 Å². The minimum absolute atomic E-state index is 0.0107. The third-order valence-corrected chi connectivity index (χ3v) is 6.37. The first kappa shape index (κ1) is 16.3. The van der Waals surface area contributed by atoms with Crippen molar-refractivity contribution in [2.24, 2.45) is 5.92 Å². The van der Waals surface area contributed by atoms with Crippen molar-refractivity contribution >= 4 is 38.3 Å². The molecule has 1 N–H and O–H groups in total. The molecule has 1 fully saturated rings. The molecule has 1 heterocycles. The van der Waals surface area contributed by atoms with Crippen LogP contribution in [-0.2, 0) is 14.6 Å². The minimum atomic E-state index is -3.61. The second-order valence-electron chi connectivity index (χ2n) is 5.82. The van der Waals surface area contributed by atoms with E-state index in [0.29, 0.717) is 15.9 Å². The molecule has 0 amide bonds. The maximum Gasteiger partial charge on any atom is 0.356 e. The Morgan fingerprint density at radius 2 is 2.13 bits per heavy atom. The lowest BCUT2D eigenvalue weighted by Gasteiger charge is -2.24. The Bertz CT molecular complexity index is 852. The molecule has 5 nitrogen and oxygen atoms in total. The number of aromatic amines is 1. The van der Waals surface area contributed by atoms with Gasteiger partial charge in [0.15, 0.2) is 9.84 Å². The number of rotatable bonds is 5. The van der Waals surface area contributed by atoms with Crippen LogP contribution < -0.4 is 0 Å². The standard InChI is InChI=1S/C16H18ClNO4S/c1-2-22-16(19)14-15(23(20,21)9-10-4-3-5-10)12-8-11(17)6-7-13(12)18-14/h6-8,10,18H,2-5,9H2,1H3. The fraction of sp³-hybridized carbons (Fsp3) is 0.438. The molecule has 0 radical (unpaired) electrons. The quantitative estimate of drug-likeness (QED) is 0.832. The van der Waals surface area contributed by atoms with Crippen LogP contribution >= 0.6 is 11.6 Å². The van der Waals surface area contributed by atoms with Crippen LogP contribution in [0.4, 0.5) is 0 Å². The van der Waals surface area contributed by atoms with E-state index in [9.17, 15) is 13.2 Å². The van der Waals surface area contributed by atoms with E-state index in [-0.39, 0.29) is 28.9 Å². The molecule has 23 heavy (non-hydrogen) atoms. The van der Waals surface area contributed by atoms with Crippen molar-refractivity contribution in [1.82, 2.24) is 4.98 Å². The van der Waals surface area contributed by atoms with E-state index >= 15 is 0 Å². The van der Waals surface area contributed by atoms with E-state index in [1.54, 1.807) is 25.1 Å². The zero-order chi connectivity index (χ0) is 16.6. The van der Waals surface area contributed by atoms with Gasteiger partial charge in [-0.25, -0.2) is 13.2 Å². The van der Waals surface area contributed by atoms with Crippen LogP contribution in [0.15, 0.2) is 23.1 Å². The lowest BCUT2D eigenvalue weighted by atomic mass is 9.87. The Morgan fingerprint density at radius 1 is 1.39 bits per heavy atom. The molecule has 0 saturated heterocycles. The smallest absolute Gasteiger partial charge is 0.356 e. The van der Waals surface area contributed by atoms with Crippen LogP contribution in [0.2, 0.25) is 5.02 Å². The highest BCUT2D eigenvalue weighted by Gasteiger charge is 2.32. The van der Waals surface area contributed by atoms with Gasteiger partial charge in [-0.05, 0) is 43.9 Å². The molecule has 1 aliphatic carbocycles. The molecule has 3 rings (SSSR count). The van der Waals surface area contributed by atoms with Crippen LogP contribution in [0.5, 0.6) is 0 Å². The van der Waals surface area contributed by atoms with E-state index in [2.05, 4.69) is 4.98 Å². The molecule has 1 aromatic carbocycles. The normalized spacial score (nSPS) is 15.6. The second-order valence-corrected chi connectivity index (χ2v) is 8.23. The number of sulfone groups is 1. The van der Waals surface area contributed by atoms with Gasteiger partial charge in [-0.3, -0.25) is 0 Å². The molecule has 7 heteroatoms. The molecule has 2 aromatic rings. The summed E-state index contributed by atoms with van der Waals surface area (Å²) in [6.45, 7) is 1.86. The number of ether oxygens (including phenoxy) is 1. The summed E-state index contributed by atoms with van der Waals surface area (Å²) in [6.07, 6.45) is 2.89. The van der Waals surface area contributed by atoms with Gasteiger partial charge in [0.05, 0.1) is 12.4 Å². The first-order chi connectivity index (χ1) is 10.9. The van der Waals surface area contributed by atoms with Crippen LogP contribution in [-0.4, -0.2) is 31.7 Å². The number of halogens is 1.